The zero-order valence-electron chi connectivity index (χ0n) is 14.1. The highest BCUT2D eigenvalue weighted by atomic mass is 35.5. The van der Waals surface area contributed by atoms with Crippen LogP contribution in [0.3, 0.4) is 0 Å². The molecular weight excluding hydrogens is 388 g/mol. The van der Waals surface area contributed by atoms with E-state index in [1.54, 1.807) is 19.2 Å². The van der Waals surface area contributed by atoms with Crippen molar-refractivity contribution in [3.05, 3.63) is 57.7 Å². The van der Waals surface area contributed by atoms with Crippen molar-refractivity contribution in [3.63, 3.8) is 0 Å². The predicted molar refractivity (Wildman–Crippen MR) is 104 cm³/mol. The SMILES string of the molecule is Cn1cnc2ncn(CC(=O)Nc3nc(-c4ccc(Cl)cc4)cs3)c2c1=O. The number of nitrogens with zero attached hydrogens (tertiary/aromatic N) is 5. The van der Waals surface area contributed by atoms with Gasteiger partial charge in [-0.15, -0.1) is 11.3 Å². The smallest absolute Gasteiger partial charge is 0.279 e. The van der Waals surface area contributed by atoms with Crippen LogP contribution in [0.5, 0.6) is 0 Å². The monoisotopic (exact) mass is 400 g/mol. The van der Waals surface area contributed by atoms with Crippen molar-refractivity contribution >= 4 is 45.1 Å². The first kappa shape index (κ1) is 17.4. The largest absolute Gasteiger partial charge is 0.315 e. The van der Waals surface area contributed by atoms with Gasteiger partial charge in [-0.3, -0.25) is 9.59 Å². The molecule has 3 heterocycles. The van der Waals surface area contributed by atoms with Gasteiger partial charge in [0.15, 0.2) is 16.3 Å². The first-order valence-corrected chi connectivity index (χ1v) is 9.15. The molecule has 1 amide bonds. The summed E-state index contributed by atoms with van der Waals surface area (Å²) in [7, 11) is 1.60. The fourth-order valence-corrected chi connectivity index (χ4v) is 3.43. The number of carbonyl (C=O) groups is 1. The summed E-state index contributed by atoms with van der Waals surface area (Å²) in [4.78, 5) is 37.2. The molecule has 0 aliphatic heterocycles. The van der Waals surface area contributed by atoms with Crippen LogP contribution in [-0.4, -0.2) is 30.0 Å². The third-order valence-electron chi connectivity index (χ3n) is 3.90. The van der Waals surface area contributed by atoms with Gasteiger partial charge in [0.2, 0.25) is 5.91 Å². The van der Waals surface area contributed by atoms with E-state index in [2.05, 4.69) is 20.3 Å². The molecule has 0 saturated heterocycles. The number of imidazole rings is 1. The minimum Gasteiger partial charge on any atom is -0.315 e. The summed E-state index contributed by atoms with van der Waals surface area (Å²) in [5, 5.41) is 5.72. The minimum absolute atomic E-state index is 0.0622. The second-order valence-electron chi connectivity index (χ2n) is 5.80. The molecule has 0 radical (unpaired) electrons. The number of benzene rings is 1. The lowest BCUT2D eigenvalue weighted by Crippen LogP contribution is -2.23. The van der Waals surface area contributed by atoms with Gasteiger partial charge >= 0.3 is 0 Å². The van der Waals surface area contributed by atoms with Crippen LogP contribution < -0.4 is 10.9 Å². The van der Waals surface area contributed by atoms with E-state index >= 15 is 0 Å². The van der Waals surface area contributed by atoms with Gasteiger partial charge in [-0.25, -0.2) is 15.0 Å². The number of aryl methyl sites for hydroxylation is 1. The number of amides is 1. The standard InChI is InChI=1S/C17H13ClN6O2S/c1-23-8-19-15-14(16(23)26)24(9-20-15)6-13(25)22-17-21-12(7-27-17)10-2-4-11(18)5-3-10/h2-5,7-9H,6H2,1H3,(H,21,22,25). The number of halogens is 1. The Morgan fingerprint density at radius 1 is 1.22 bits per heavy atom. The molecule has 8 nitrogen and oxygen atoms in total. The van der Waals surface area contributed by atoms with Crippen molar-refractivity contribution in [2.24, 2.45) is 7.05 Å². The highest BCUT2D eigenvalue weighted by Gasteiger charge is 2.14. The summed E-state index contributed by atoms with van der Waals surface area (Å²) in [5.41, 5.74) is 2.00. The summed E-state index contributed by atoms with van der Waals surface area (Å²) in [6.45, 7) is -0.0622. The summed E-state index contributed by atoms with van der Waals surface area (Å²) in [6, 6.07) is 7.30. The first-order valence-electron chi connectivity index (χ1n) is 7.89. The van der Waals surface area contributed by atoms with Crippen LogP contribution in [0.2, 0.25) is 5.02 Å². The zero-order chi connectivity index (χ0) is 19.0. The van der Waals surface area contributed by atoms with Crippen LogP contribution in [0.15, 0.2) is 47.1 Å². The maximum Gasteiger partial charge on any atom is 0.279 e. The van der Waals surface area contributed by atoms with E-state index in [-0.39, 0.29) is 23.5 Å². The van der Waals surface area contributed by atoms with Crippen LogP contribution >= 0.6 is 22.9 Å². The Balaban J connectivity index is 1.51. The van der Waals surface area contributed by atoms with Crippen molar-refractivity contribution in [1.82, 2.24) is 24.1 Å². The molecule has 0 bridgehead atoms. The number of aromatic nitrogens is 5. The Hall–Kier alpha value is -3.04. The molecule has 1 N–H and O–H groups in total. The van der Waals surface area contributed by atoms with E-state index in [4.69, 9.17) is 11.6 Å². The third kappa shape index (κ3) is 3.46. The number of anilines is 1. The normalized spacial score (nSPS) is 11.0. The molecule has 0 unspecified atom stereocenters. The fraction of sp³-hybridized carbons (Fsp3) is 0.118. The van der Waals surface area contributed by atoms with Crippen LogP contribution in [0.1, 0.15) is 0 Å². The van der Waals surface area contributed by atoms with Gasteiger partial charge in [-0.05, 0) is 12.1 Å². The number of fused-ring (bicyclic) bond motifs is 1. The van der Waals surface area contributed by atoms with Crippen LogP contribution in [-0.2, 0) is 18.4 Å². The van der Waals surface area contributed by atoms with Gasteiger partial charge in [0.25, 0.3) is 5.56 Å². The Bertz CT molecular complexity index is 1190. The van der Waals surface area contributed by atoms with Crippen molar-refractivity contribution in [3.8, 4) is 11.3 Å². The summed E-state index contributed by atoms with van der Waals surface area (Å²) >= 11 is 7.21. The molecule has 0 aliphatic carbocycles. The van der Waals surface area contributed by atoms with Crippen LogP contribution in [0, 0.1) is 0 Å². The van der Waals surface area contributed by atoms with Gasteiger partial charge in [-0.2, -0.15) is 0 Å². The molecular formula is C17H13ClN6O2S. The van der Waals surface area contributed by atoms with Gasteiger partial charge in [-0.1, -0.05) is 23.7 Å². The number of hydrogen-bond donors (Lipinski definition) is 1. The number of rotatable bonds is 4. The molecule has 3 aromatic heterocycles. The lowest BCUT2D eigenvalue weighted by molar-refractivity contribution is -0.116. The van der Waals surface area contributed by atoms with Gasteiger partial charge in [0.1, 0.15) is 6.54 Å². The molecule has 0 saturated carbocycles. The predicted octanol–water partition coefficient (Wildman–Crippen LogP) is 2.55. The molecule has 0 atom stereocenters. The van der Waals surface area contributed by atoms with Gasteiger partial charge < -0.3 is 14.5 Å². The molecule has 27 heavy (non-hydrogen) atoms. The molecule has 0 fully saturated rings. The zero-order valence-corrected chi connectivity index (χ0v) is 15.7. The van der Waals surface area contributed by atoms with Crippen molar-refractivity contribution in [2.45, 2.75) is 6.54 Å². The quantitative estimate of drug-likeness (QED) is 0.568. The maximum atomic E-state index is 12.4. The van der Waals surface area contributed by atoms with E-state index in [1.807, 2.05) is 17.5 Å². The maximum absolute atomic E-state index is 12.4. The lowest BCUT2D eigenvalue weighted by atomic mass is 10.2. The molecule has 0 spiro atoms. The van der Waals surface area contributed by atoms with Crippen molar-refractivity contribution in [2.75, 3.05) is 5.32 Å². The van der Waals surface area contributed by atoms with Gasteiger partial charge in [0.05, 0.1) is 18.3 Å². The summed E-state index contributed by atoms with van der Waals surface area (Å²) < 4.78 is 2.82. The second-order valence-corrected chi connectivity index (χ2v) is 7.09. The lowest BCUT2D eigenvalue weighted by Gasteiger charge is -2.04. The minimum atomic E-state index is -0.308. The topological polar surface area (TPSA) is 94.7 Å². The third-order valence-corrected chi connectivity index (χ3v) is 4.91. The van der Waals surface area contributed by atoms with Crippen molar-refractivity contribution in [1.29, 1.82) is 0 Å². The van der Waals surface area contributed by atoms with E-state index in [9.17, 15) is 9.59 Å². The van der Waals surface area contributed by atoms with Crippen molar-refractivity contribution < 1.29 is 4.79 Å². The summed E-state index contributed by atoms with van der Waals surface area (Å²) in [6.07, 6.45) is 2.83. The second kappa shape index (κ2) is 6.93. The molecule has 136 valence electrons. The average molecular weight is 401 g/mol. The molecule has 10 heteroatoms. The van der Waals surface area contributed by atoms with E-state index in [0.717, 1.165) is 11.3 Å². The van der Waals surface area contributed by atoms with E-state index in [0.29, 0.717) is 15.8 Å². The number of carbonyl (C=O) groups excluding carboxylic acids is 1. The van der Waals surface area contributed by atoms with E-state index < -0.39 is 0 Å². The Morgan fingerprint density at radius 3 is 2.74 bits per heavy atom. The molecule has 1 aromatic carbocycles. The molecule has 4 rings (SSSR count). The van der Waals surface area contributed by atoms with E-state index in [1.165, 1.54) is 33.1 Å². The Labute approximate surface area is 162 Å². The Morgan fingerprint density at radius 2 is 1.96 bits per heavy atom. The fourth-order valence-electron chi connectivity index (χ4n) is 2.56. The number of nitrogens with one attached hydrogen (secondary N) is 1. The first-order chi connectivity index (χ1) is 13.0. The van der Waals surface area contributed by atoms with Crippen LogP contribution in [0.25, 0.3) is 22.4 Å². The van der Waals surface area contributed by atoms with Crippen LogP contribution in [0.4, 0.5) is 5.13 Å². The van der Waals surface area contributed by atoms with Gasteiger partial charge in [0, 0.05) is 23.0 Å². The molecule has 0 aliphatic rings. The number of hydrogen-bond acceptors (Lipinski definition) is 6. The average Bonchev–Trinajstić information content (AvgIpc) is 3.26. The Kier molecular flexibility index (Phi) is 4.46. The number of thiazole rings is 1. The highest BCUT2D eigenvalue weighted by molar-refractivity contribution is 7.14. The highest BCUT2D eigenvalue weighted by Crippen LogP contribution is 2.26. The summed E-state index contributed by atoms with van der Waals surface area (Å²) in [5.74, 6) is -0.308. The molecule has 4 aromatic rings.